The van der Waals surface area contributed by atoms with E-state index in [1.54, 1.807) is 60.7 Å². The molecule has 0 N–H and O–H groups in total. The Kier molecular flexibility index (Phi) is 8.03. The third kappa shape index (κ3) is 5.69. The number of fused-ring (bicyclic) bond motifs is 6. The minimum atomic E-state index is -6.03. The molecule has 3 aliphatic rings. The van der Waals surface area contributed by atoms with Crippen molar-refractivity contribution in [1.82, 2.24) is 0 Å². The van der Waals surface area contributed by atoms with Crippen molar-refractivity contribution < 1.29 is 51.1 Å². The van der Waals surface area contributed by atoms with Crippen LogP contribution in [0.1, 0.15) is 24.8 Å². The average Bonchev–Trinajstić information content (AvgIpc) is 2.81. The van der Waals surface area contributed by atoms with Crippen LogP contribution in [0.4, 0.5) is 26.3 Å². The van der Waals surface area contributed by atoms with Crippen LogP contribution >= 0.6 is 13.7 Å². The topological polar surface area (TPSA) is 86.7 Å². The number of benzene rings is 2. The van der Waals surface area contributed by atoms with E-state index in [1.807, 2.05) is 0 Å². The van der Waals surface area contributed by atoms with Crippen LogP contribution in [0.25, 0.3) is 0 Å². The van der Waals surface area contributed by atoms with Crippen LogP contribution in [-0.4, -0.2) is 64.8 Å². The second-order valence-corrected chi connectivity index (χ2v) is 25.2. The molecule has 3 heterocycles. The normalized spacial score (nSPS) is 24.6. The van der Waals surface area contributed by atoms with E-state index >= 15 is 0 Å². The van der Waals surface area contributed by atoms with Gasteiger partial charge < -0.3 is 0 Å². The molecule has 0 amide bonds. The first kappa shape index (κ1) is 31.6. The van der Waals surface area contributed by atoms with Crippen molar-refractivity contribution in [3.8, 4) is 0 Å². The molecule has 2 bridgehead atoms. The fourth-order valence-corrected chi connectivity index (χ4v) is 24.8. The molecule has 3 aliphatic heterocycles. The molecule has 2 aromatic carbocycles. The summed E-state index contributed by atoms with van der Waals surface area (Å²) in [6.45, 7) is -8.63. The van der Waals surface area contributed by atoms with Crippen molar-refractivity contribution in [2.45, 2.75) is 36.4 Å². The Morgan fingerprint density at radius 1 is 0.600 bits per heavy atom. The minimum absolute atomic E-state index is 0.0508. The maximum absolute atomic E-state index is 13.7. The van der Waals surface area contributed by atoms with Crippen molar-refractivity contribution in [2.75, 3.05) is 37.0 Å². The van der Waals surface area contributed by atoms with Gasteiger partial charge in [-0.15, -0.1) is 0 Å². The van der Waals surface area contributed by atoms with Crippen LogP contribution in [0, 0.1) is 0 Å². The molecule has 0 unspecified atom stereocenters. The molecule has 0 spiro atoms. The van der Waals surface area contributed by atoms with E-state index in [0.29, 0.717) is 10.9 Å². The van der Waals surface area contributed by atoms with Gasteiger partial charge in [-0.25, -0.2) is 0 Å². The van der Waals surface area contributed by atoms with Crippen LogP contribution in [-0.2, 0) is 34.3 Å². The van der Waals surface area contributed by atoms with Crippen molar-refractivity contribution >= 4 is 39.2 Å². The summed E-state index contributed by atoms with van der Waals surface area (Å²) in [5.74, 6) is 0. The molecule has 0 aliphatic carbocycles. The Hall–Kier alpha value is -1.30. The van der Waals surface area contributed by atoms with Gasteiger partial charge in [0, 0.05) is 0 Å². The Morgan fingerprint density at radius 3 is 1.43 bits per heavy atom. The molecule has 0 aromatic heterocycles. The number of hydrogen-bond acceptors (Lipinski definition) is 6. The zero-order valence-corrected chi connectivity index (χ0v) is 24.7. The Labute approximate surface area is 229 Å². The first-order valence-corrected chi connectivity index (χ1v) is 20.9. The first-order valence-electron chi connectivity index (χ1n) is 12.5. The number of rotatable bonds is 7. The van der Waals surface area contributed by atoms with Crippen LogP contribution in [0.2, 0.25) is 0 Å². The zero-order valence-electron chi connectivity index (χ0n) is 21.3. The van der Waals surface area contributed by atoms with Gasteiger partial charge in [-0.3, -0.25) is 0 Å². The van der Waals surface area contributed by atoms with E-state index in [1.165, 1.54) is 0 Å². The van der Waals surface area contributed by atoms with Crippen molar-refractivity contribution in [1.29, 1.82) is 0 Å². The van der Waals surface area contributed by atoms with E-state index in [9.17, 15) is 43.2 Å². The van der Waals surface area contributed by atoms with Crippen LogP contribution in [0.15, 0.2) is 60.7 Å². The molecule has 0 radical (unpaired) electrons. The molecule has 3 fully saturated rings. The van der Waals surface area contributed by atoms with Crippen molar-refractivity contribution in [3.63, 3.8) is 0 Å². The molecule has 40 heavy (non-hydrogen) atoms. The summed E-state index contributed by atoms with van der Waals surface area (Å²) in [4.78, 5) is 0. The average molecular weight is 655 g/mol. The molecular weight excluding hydrogens is 624 g/mol. The number of halogens is 6. The molecule has 6 nitrogen and oxygen atoms in total. The standard InChI is InChI=1S/C24H30F6O6P2S2/c25-23(26,27)39(31,32)35-37(20-21-10-3-1-4-11-21)14-7-17-38(18-8-15-37,19-9-16-37,22-12-5-2-6-13-22)36-40(33,34)24(28,29)30/h1-6,10-13H,7-9,14-20H2. The quantitative estimate of drug-likeness (QED) is 0.196. The summed E-state index contributed by atoms with van der Waals surface area (Å²) in [7, 11) is -12.0. The summed E-state index contributed by atoms with van der Waals surface area (Å²) < 4.78 is 143. The number of alkyl halides is 6. The Bertz CT molecular complexity index is 1410. The fraction of sp³-hybridized carbons (Fsp3) is 0.500. The van der Waals surface area contributed by atoms with Gasteiger partial charge in [0.25, 0.3) is 0 Å². The van der Waals surface area contributed by atoms with E-state index in [4.69, 9.17) is 7.94 Å². The van der Waals surface area contributed by atoms with E-state index in [-0.39, 0.29) is 62.4 Å². The monoisotopic (exact) mass is 654 g/mol. The summed E-state index contributed by atoms with van der Waals surface area (Å²) in [5.41, 5.74) is -10.7. The molecular formula is C24H30F6O6P2S2. The summed E-state index contributed by atoms with van der Waals surface area (Å²) in [5, 5.41) is 0.345. The van der Waals surface area contributed by atoms with Gasteiger partial charge in [0.15, 0.2) is 0 Å². The Balaban J connectivity index is 1.87. The summed E-state index contributed by atoms with van der Waals surface area (Å²) in [6, 6.07) is 16.3. The van der Waals surface area contributed by atoms with E-state index in [2.05, 4.69) is 0 Å². The molecule has 0 saturated carbocycles. The van der Waals surface area contributed by atoms with Crippen LogP contribution < -0.4 is 5.30 Å². The predicted molar refractivity (Wildman–Crippen MR) is 145 cm³/mol. The van der Waals surface area contributed by atoms with Gasteiger partial charge in [0.1, 0.15) is 0 Å². The predicted octanol–water partition coefficient (Wildman–Crippen LogP) is 6.38. The molecule has 3 saturated heterocycles. The number of hydrogen-bond donors (Lipinski definition) is 0. The Morgan fingerprint density at radius 2 is 1.00 bits per heavy atom. The SMILES string of the molecule is O=S(=O)(OP12(Cc3ccccc3)CCCP(OS(=O)(=O)C(F)(F)F)(c3ccccc3)(CCC1)CCC2)C(F)(F)F. The zero-order chi connectivity index (χ0) is 29.6. The van der Waals surface area contributed by atoms with Gasteiger partial charge in [-0.2, -0.15) is 0 Å². The molecule has 5 rings (SSSR count). The second kappa shape index (κ2) is 10.2. The molecule has 0 atom stereocenters. The van der Waals surface area contributed by atoms with E-state index < -0.39 is 44.9 Å². The van der Waals surface area contributed by atoms with Crippen LogP contribution in [0.5, 0.6) is 0 Å². The van der Waals surface area contributed by atoms with Crippen LogP contribution in [0.3, 0.4) is 0 Å². The third-order valence-corrected chi connectivity index (χ3v) is 25.3. The maximum atomic E-state index is 13.7. The summed E-state index contributed by atoms with van der Waals surface area (Å²) in [6.07, 6.45) is -1.09. The van der Waals surface area contributed by atoms with E-state index in [0.717, 1.165) is 0 Å². The molecule has 16 heteroatoms. The van der Waals surface area contributed by atoms with Gasteiger partial charge in [-0.1, -0.05) is 0 Å². The third-order valence-electron chi connectivity index (χ3n) is 8.21. The molecule has 2 aromatic rings. The second-order valence-electron chi connectivity index (χ2n) is 10.8. The van der Waals surface area contributed by atoms with Gasteiger partial charge in [0.05, 0.1) is 0 Å². The first-order chi connectivity index (χ1) is 18.4. The van der Waals surface area contributed by atoms with Gasteiger partial charge >= 0.3 is 230 Å². The molecule has 226 valence electrons. The fourth-order valence-electron chi connectivity index (χ4n) is 6.57. The summed E-state index contributed by atoms with van der Waals surface area (Å²) >= 11 is 0. The van der Waals surface area contributed by atoms with Gasteiger partial charge in [-0.05, 0) is 0 Å². The van der Waals surface area contributed by atoms with Crippen molar-refractivity contribution in [2.24, 2.45) is 0 Å². The van der Waals surface area contributed by atoms with Gasteiger partial charge in [0.2, 0.25) is 0 Å². The van der Waals surface area contributed by atoms with Crippen molar-refractivity contribution in [3.05, 3.63) is 66.2 Å².